The van der Waals surface area contributed by atoms with Gasteiger partial charge in [-0.05, 0) is 87.3 Å². The minimum atomic E-state index is -0.641. The van der Waals surface area contributed by atoms with Crippen LogP contribution in [0.5, 0.6) is 11.5 Å². The summed E-state index contributed by atoms with van der Waals surface area (Å²) < 4.78 is 0. The number of halogens is 2. The Morgan fingerprint density at radius 1 is 0.830 bits per heavy atom. The van der Waals surface area contributed by atoms with E-state index in [9.17, 15) is 24.6 Å². The molecule has 7 rings (SSSR count). The van der Waals surface area contributed by atoms with Gasteiger partial charge in [0.2, 0.25) is 5.78 Å². The minimum absolute atomic E-state index is 0. The van der Waals surface area contributed by atoms with Crippen molar-refractivity contribution >= 4 is 58.1 Å². The van der Waals surface area contributed by atoms with Crippen molar-refractivity contribution in [3.05, 3.63) is 104 Å². The second-order valence-corrected chi connectivity index (χ2v) is 15.2. The van der Waals surface area contributed by atoms with Crippen LogP contribution in [0.25, 0.3) is 10.9 Å². The quantitative estimate of drug-likeness (QED) is 0.0656. The number of unbranched alkanes of at least 4 members (excludes halogenated alkanes) is 8. The Hall–Kier alpha value is -4.40. The van der Waals surface area contributed by atoms with E-state index < -0.39 is 23.2 Å². The molecule has 3 aromatic carbocycles. The molecule has 4 aromatic rings. The molecule has 0 aliphatic heterocycles. The van der Waals surface area contributed by atoms with Crippen LogP contribution < -0.4 is 10.6 Å². The van der Waals surface area contributed by atoms with Gasteiger partial charge in [-0.3, -0.25) is 19.4 Å². The highest BCUT2D eigenvalue weighted by molar-refractivity contribution is 6.31. The van der Waals surface area contributed by atoms with E-state index in [2.05, 4.69) is 29.7 Å². The lowest BCUT2D eigenvalue weighted by atomic mass is 9.71. The van der Waals surface area contributed by atoms with E-state index in [1.54, 1.807) is 0 Å². The van der Waals surface area contributed by atoms with Crippen LogP contribution in [0, 0.1) is 5.92 Å². The fraction of sp³-hybridized carbons (Fsp3) is 0.395. The average Bonchev–Trinajstić information content (AvgIpc) is 3.11. The van der Waals surface area contributed by atoms with Crippen molar-refractivity contribution in [2.45, 2.75) is 89.9 Å². The lowest BCUT2D eigenvalue weighted by Crippen LogP contribution is -2.26. The van der Waals surface area contributed by atoms with Gasteiger partial charge in [0, 0.05) is 57.1 Å². The summed E-state index contributed by atoms with van der Waals surface area (Å²) in [5.74, 6) is -1.21. The summed E-state index contributed by atoms with van der Waals surface area (Å²) in [5.41, 5.74) is 6.24. The molecular formula is C43H47Cl2N3O5. The predicted octanol–water partition coefficient (Wildman–Crippen LogP) is 9.85. The number of fused-ring (bicyclic) bond motifs is 7. The summed E-state index contributed by atoms with van der Waals surface area (Å²) in [5, 5.41) is 29.3. The zero-order chi connectivity index (χ0) is 36.4. The molecule has 2 atom stereocenters. The second kappa shape index (κ2) is 16.7. The van der Waals surface area contributed by atoms with Gasteiger partial charge in [-0.2, -0.15) is 0 Å². The number of phenols is 2. The third-order valence-electron chi connectivity index (χ3n) is 10.9. The number of carbonyl (C=O) groups is 3. The SMILES string of the molecule is CC1=CC2Cc3nc4cc(Cl)ccc4c(NCCCCCCCCCCCNC(=O)c4cc(O)c5c(c4)C(=O)c4cccc(O)c4C5=O)c3C(C1)C2.Cl. The van der Waals surface area contributed by atoms with Gasteiger partial charge >= 0.3 is 0 Å². The van der Waals surface area contributed by atoms with E-state index in [-0.39, 0.29) is 46.0 Å². The number of aromatic hydroxyl groups is 2. The Kier molecular flexibility index (Phi) is 12.1. The highest BCUT2D eigenvalue weighted by Crippen LogP contribution is 2.47. The molecule has 2 bridgehead atoms. The maximum atomic E-state index is 13.1. The van der Waals surface area contributed by atoms with Crippen molar-refractivity contribution in [1.82, 2.24) is 10.3 Å². The zero-order valence-corrected chi connectivity index (χ0v) is 31.7. The molecular weight excluding hydrogens is 709 g/mol. The Morgan fingerprint density at radius 2 is 1.53 bits per heavy atom. The van der Waals surface area contributed by atoms with Gasteiger partial charge in [0.15, 0.2) is 5.78 Å². The number of rotatable bonds is 14. The summed E-state index contributed by atoms with van der Waals surface area (Å²) in [4.78, 5) is 44.0. The number of nitrogens with one attached hydrogen (secondary N) is 2. The van der Waals surface area contributed by atoms with Gasteiger partial charge in [0.25, 0.3) is 5.91 Å². The van der Waals surface area contributed by atoms with Crippen molar-refractivity contribution in [2.24, 2.45) is 5.92 Å². The largest absolute Gasteiger partial charge is 0.507 e. The van der Waals surface area contributed by atoms with Crippen molar-refractivity contribution < 1.29 is 24.6 Å². The van der Waals surface area contributed by atoms with E-state index in [1.165, 1.54) is 90.3 Å². The molecule has 0 saturated carbocycles. The summed E-state index contributed by atoms with van der Waals surface area (Å²) in [6.45, 7) is 3.69. The molecule has 3 aliphatic carbocycles. The van der Waals surface area contributed by atoms with Gasteiger partial charge in [-0.15, -0.1) is 12.4 Å². The fourth-order valence-corrected chi connectivity index (χ4v) is 8.66. The molecule has 0 radical (unpaired) electrons. The molecule has 8 nitrogen and oxygen atoms in total. The van der Waals surface area contributed by atoms with Crippen molar-refractivity contribution in [3.8, 4) is 11.5 Å². The second-order valence-electron chi connectivity index (χ2n) is 14.8. The molecule has 0 saturated heterocycles. The molecule has 4 N–H and O–H groups in total. The van der Waals surface area contributed by atoms with Crippen LogP contribution in [0.2, 0.25) is 5.02 Å². The van der Waals surface area contributed by atoms with Gasteiger partial charge in [0.05, 0.1) is 16.6 Å². The highest BCUT2D eigenvalue weighted by Gasteiger charge is 2.35. The topological polar surface area (TPSA) is 129 Å². The molecule has 3 aliphatic rings. The number of phenolic OH excluding ortho intramolecular Hbond substituents is 2. The van der Waals surface area contributed by atoms with Crippen LogP contribution in [-0.4, -0.2) is 45.8 Å². The van der Waals surface area contributed by atoms with E-state index in [4.69, 9.17) is 16.6 Å². The monoisotopic (exact) mass is 755 g/mol. The Morgan fingerprint density at radius 3 is 2.28 bits per heavy atom. The lowest BCUT2D eigenvalue weighted by Gasteiger charge is -2.36. The summed E-state index contributed by atoms with van der Waals surface area (Å²) >= 11 is 6.36. The van der Waals surface area contributed by atoms with Gasteiger partial charge in [-0.1, -0.05) is 80.3 Å². The van der Waals surface area contributed by atoms with E-state index >= 15 is 0 Å². The highest BCUT2D eigenvalue weighted by atomic mass is 35.5. The first-order chi connectivity index (χ1) is 25.2. The fourth-order valence-electron chi connectivity index (χ4n) is 8.49. The maximum Gasteiger partial charge on any atom is 0.251 e. The summed E-state index contributed by atoms with van der Waals surface area (Å²) in [6.07, 6.45) is 15.8. The van der Waals surface area contributed by atoms with Crippen LogP contribution in [0.4, 0.5) is 5.69 Å². The molecule has 0 fully saturated rings. The molecule has 1 amide bonds. The zero-order valence-electron chi connectivity index (χ0n) is 30.1. The standard InChI is InChI=1S/C43H46ClN3O5.ClH/c1-25-18-26-20-27(19-25)37-34(21-26)47-33-24-29(44)14-15-30(33)40(37)45-16-9-7-5-3-2-4-6-8-10-17-46-43(52)28-22-32-39(36(49)23-28)42(51)38-31(41(32)50)12-11-13-35(38)48;/h11-15,18,22-24,26-27,48-49H,2-10,16-17,19-21H2,1H3,(H,45,47)(H,46,52);1H. The predicted molar refractivity (Wildman–Crippen MR) is 212 cm³/mol. The molecule has 2 unspecified atom stereocenters. The Balaban J connectivity index is 0.00000481. The van der Waals surface area contributed by atoms with E-state index in [0.717, 1.165) is 62.0 Å². The van der Waals surface area contributed by atoms with Crippen molar-refractivity contribution in [3.63, 3.8) is 0 Å². The molecule has 53 heavy (non-hydrogen) atoms. The molecule has 278 valence electrons. The number of carbonyl (C=O) groups excluding carboxylic acids is 3. The van der Waals surface area contributed by atoms with Gasteiger partial charge in [0.1, 0.15) is 11.5 Å². The molecule has 10 heteroatoms. The van der Waals surface area contributed by atoms with E-state index in [0.29, 0.717) is 18.4 Å². The number of hydrogen-bond donors (Lipinski definition) is 4. The van der Waals surface area contributed by atoms with Crippen LogP contribution in [0.3, 0.4) is 0 Å². The summed E-state index contributed by atoms with van der Waals surface area (Å²) in [7, 11) is 0. The molecule has 1 heterocycles. The number of allylic oxidation sites excluding steroid dienone is 2. The first-order valence-corrected chi connectivity index (χ1v) is 19.2. The van der Waals surface area contributed by atoms with Crippen molar-refractivity contribution in [1.29, 1.82) is 0 Å². The van der Waals surface area contributed by atoms with E-state index in [1.807, 2.05) is 12.1 Å². The van der Waals surface area contributed by atoms with Crippen LogP contribution in [0.15, 0.2) is 60.2 Å². The number of ketones is 2. The first-order valence-electron chi connectivity index (χ1n) is 18.8. The third-order valence-corrected chi connectivity index (χ3v) is 11.1. The first kappa shape index (κ1) is 38.3. The normalized spacial score (nSPS) is 17.0. The number of hydrogen-bond acceptors (Lipinski definition) is 7. The van der Waals surface area contributed by atoms with Crippen LogP contribution in [-0.2, 0) is 6.42 Å². The number of aromatic nitrogens is 1. The lowest BCUT2D eigenvalue weighted by molar-refractivity contribution is 0.0948. The summed E-state index contributed by atoms with van der Waals surface area (Å²) in [6, 6.07) is 12.9. The Labute approximate surface area is 321 Å². The number of anilines is 1. The number of pyridine rings is 1. The molecule has 0 spiro atoms. The number of benzene rings is 3. The van der Waals surface area contributed by atoms with Crippen LogP contribution >= 0.6 is 24.0 Å². The van der Waals surface area contributed by atoms with Gasteiger partial charge in [-0.25, -0.2) is 0 Å². The average molecular weight is 757 g/mol. The third kappa shape index (κ3) is 8.09. The smallest absolute Gasteiger partial charge is 0.251 e. The minimum Gasteiger partial charge on any atom is -0.507 e. The number of amides is 1. The van der Waals surface area contributed by atoms with Gasteiger partial charge < -0.3 is 20.8 Å². The number of nitrogens with zero attached hydrogens (tertiary/aromatic N) is 1. The Bertz CT molecular complexity index is 2090. The maximum absolute atomic E-state index is 13.1. The van der Waals surface area contributed by atoms with Crippen LogP contribution in [0.1, 0.15) is 137 Å². The molecule has 1 aromatic heterocycles. The van der Waals surface area contributed by atoms with Crippen molar-refractivity contribution in [2.75, 3.05) is 18.4 Å².